The molecule has 142 valence electrons. The summed E-state index contributed by atoms with van der Waals surface area (Å²) in [6.07, 6.45) is 10.0. The molecule has 0 amide bonds. The van der Waals surface area contributed by atoms with E-state index in [0.717, 1.165) is 12.3 Å². The summed E-state index contributed by atoms with van der Waals surface area (Å²) >= 11 is 0. The highest BCUT2D eigenvalue weighted by Crippen LogP contribution is 2.65. The molecule has 3 fully saturated rings. The van der Waals surface area contributed by atoms with E-state index in [0.29, 0.717) is 30.1 Å². The topological polar surface area (TPSA) is 80.3 Å². The van der Waals surface area contributed by atoms with Crippen LogP contribution in [0.3, 0.4) is 0 Å². The second-order valence-corrected chi connectivity index (χ2v) is 9.52. The van der Waals surface area contributed by atoms with Gasteiger partial charge in [-0.05, 0) is 98.7 Å². The van der Waals surface area contributed by atoms with Gasteiger partial charge in [-0.1, -0.05) is 20.3 Å². The average molecular weight is 348 g/mol. The molecule has 0 radical (unpaired) electrons. The van der Waals surface area contributed by atoms with Crippen molar-refractivity contribution < 1.29 is 19.8 Å². The van der Waals surface area contributed by atoms with Crippen LogP contribution in [-0.2, 0) is 9.59 Å². The van der Waals surface area contributed by atoms with Crippen molar-refractivity contribution >= 4 is 11.9 Å². The Morgan fingerprint density at radius 1 is 0.920 bits per heavy atom. The zero-order chi connectivity index (χ0) is 18.2. The lowest BCUT2D eigenvalue weighted by Gasteiger charge is -2.59. The second-order valence-electron chi connectivity index (χ2n) is 9.52. The van der Waals surface area contributed by atoms with Crippen molar-refractivity contribution in [2.75, 3.05) is 0 Å². The molecule has 3 aliphatic carbocycles. The summed E-state index contributed by atoms with van der Waals surface area (Å²) < 4.78 is 0. The maximum atomic E-state index is 11.1. The van der Waals surface area contributed by atoms with Gasteiger partial charge in [-0.3, -0.25) is 0 Å². The van der Waals surface area contributed by atoms with Crippen LogP contribution in [0.5, 0.6) is 0 Å². The molecule has 0 aromatic heterocycles. The summed E-state index contributed by atoms with van der Waals surface area (Å²) in [6.45, 7) is 4.70. The Kier molecular flexibility index (Phi) is 5.18. The second kappa shape index (κ2) is 6.92. The summed E-state index contributed by atoms with van der Waals surface area (Å²) in [7, 11) is 0. The third kappa shape index (κ3) is 3.46. The maximum absolute atomic E-state index is 11.1. The number of hydrogen-bond donors (Lipinski definition) is 0. The summed E-state index contributed by atoms with van der Waals surface area (Å²) in [5.74, 6) is 0.308. The molecule has 0 heterocycles. The van der Waals surface area contributed by atoms with E-state index in [4.69, 9.17) is 0 Å². The van der Waals surface area contributed by atoms with E-state index >= 15 is 0 Å². The first kappa shape index (κ1) is 18.7. The van der Waals surface area contributed by atoms with Crippen molar-refractivity contribution in [2.45, 2.75) is 84.5 Å². The quantitative estimate of drug-likeness (QED) is 0.737. The molecule has 4 heteroatoms. The summed E-state index contributed by atoms with van der Waals surface area (Å²) in [6, 6.07) is 0. The monoisotopic (exact) mass is 348 g/mol. The minimum absolute atomic E-state index is 0.0810. The van der Waals surface area contributed by atoms with Gasteiger partial charge < -0.3 is 19.8 Å². The number of fused-ring (bicyclic) bond motifs is 3. The molecule has 25 heavy (non-hydrogen) atoms. The van der Waals surface area contributed by atoms with Crippen molar-refractivity contribution in [3.63, 3.8) is 0 Å². The lowest BCUT2D eigenvalue weighted by molar-refractivity contribution is -0.308. The summed E-state index contributed by atoms with van der Waals surface area (Å²) in [5.41, 5.74) is 0.399. The fourth-order valence-electron chi connectivity index (χ4n) is 7.06. The van der Waals surface area contributed by atoms with E-state index in [1.165, 1.54) is 38.5 Å². The predicted molar refractivity (Wildman–Crippen MR) is 91.0 cm³/mol. The first-order chi connectivity index (χ1) is 11.8. The Bertz CT molecular complexity index is 530. The minimum atomic E-state index is -0.989. The van der Waals surface area contributed by atoms with Gasteiger partial charge in [0.2, 0.25) is 0 Å². The molecule has 4 nitrogen and oxygen atoms in total. The number of rotatable bonds is 6. The molecule has 0 aromatic carbocycles. The lowest BCUT2D eigenvalue weighted by Crippen LogP contribution is -2.51. The third-order valence-corrected chi connectivity index (χ3v) is 8.41. The van der Waals surface area contributed by atoms with Crippen LogP contribution in [-0.4, -0.2) is 11.9 Å². The standard InChI is InChI=1S/C21H34O4/c1-20-11-3-4-16(20)15-7-5-14(6-8-18(22)23)21(2,13-10-19(24)25)17(15)9-12-20/h14-17H,3-13H2,1-2H3,(H,22,23)(H,24,25)/p-2/t14-,15+,16-,17-,20+,21-/m1/s1. The fraction of sp³-hybridized carbons (Fsp3) is 0.905. The first-order valence-electron chi connectivity index (χ1n) is 10.2. The van der Waals surface area contributed by atoms with Crippen LogP contribution < -0.4 is 10.2 Å². The van der Waals surface area contributed by atoms with Gasteiger partial charge in [0.15, 0.2) is 0 Å². The predicted octanol–water partition coefficient (Wildman–Crippen LogP) is 2.30. The van der Waals surface area contributed by atoms with E-state index in [2.05, 4.69) is 13.8 Å². The largest absolute Gasteiger partial charge is 0.550 e. The molecular formula is C21H32O4-2. The third-order valence-electron chi connectivity index (χ3n) is 8.41. The molecule has 0 aromatic rings. The highest BCUT2D eigenvalue weighted by molar-refractivity contribution is 5.64. The van der Waals surface area contributed by atoms with Crippen LogP contribution in [0.1, 0.15) is 84.5 Å². The molecule has 3 aliphatic rings. The molecule has 0 aliphatic heterocycles. The molecule has 0 saturated heterocycles. The first-order valence-corrected chi connectivity index (χ1v) is 10.2. The zero-order valence-corrected chi connectivity index (χ0v) is 15.7. The van der Waals surface area contributed by atoms with E-state index in [-0.39, 0.29) is 24.2 Å². The van der Waals surface area contributed by atoms with Crippen LogP contribution in [0.4, 0.5) is 0 Å². The number of carboxylic acids is 2. The number of carboxylic acid groups (broad SMARTS) is 2. The highest BCUT2D eigenvalue weighted by Gasteiger charge is 2.56. The zero-order valence-electron chi connectivity index (χ0n) is 15.7. The molecule has 3 rings (SSSR count). The van der Waals surface area contributed by atoms with Crippen LogP contribution in [0.2, 0.25) is 0 Å². The van der Waals surface area contributed by atoms with Crippen molar-refractivity contribution in [1.29, 1.82) is 0 Å². The van der Waals surface area contributed by atoms with Crippen molar-refractivity contribution in [3.05, 3.63) is 0 Å². The molecule has 0 spiro atoms. The van der Waals surface area contributed by atoms with Gasteiger partial charge in [0.1, 0.15) is 0 Å². The number of carbonyl (C=O) groups excluding carboxylic acids is 2. The summed E-state index contributed by atoms with van der Waals surface area (Å²) in [4.78, 5) is 22.1. The molecular weight excluding hydrogens is 316 g/mol. The van der Waals surface area contributed by atoms with E-state index in [1.807, 2.05) is 0 Å². The van der Waals surface area contributed by atoms with Crippen LogP contribution in [0.15, 0.2) is 0 Å². The Hall–Kier alpha value is -1.06. The maximum Gasteiger partial charge on any atom is 0.0414 e. The average Bonchev–Trinajstić information content (AvgIpc) is 2.94. The van der Waals surface area contributed by atoms with Gasteiger partial charge in [-0.25, -0.2) is 0 Å². The molecule has 6 atom stereocenters. The van der Waals surface area contributed by atoms with Crippen molar-refractivity contribution in [2.24, 2.45) is 34.5 Å². The van der Waals surface area contributed by atoms with Gasteiger partial charge in [0, 0.05) is 11.9 Å². The molecule has 0 bridgehead atoms. The number of hydrogen-bond acceptors (Lipinski definition) is 4. The Morgan fingerprint density at radius 3 is 2.32 bits per heavy atom. The van der Waals surface area contributed by atoms with Gasteiger partial charge in [0.05, 0.1) is 0 Å². The van der Waals surface area contributed by atoms with Crippen LogP contribution in [0.25, 0.3) is 0 Å². The Morgan fingerprint density at radius 2 is 1.64 bits per heavy atom. The molecule has 3 saturated carbocycles. The summed E-state index contributed by atoms with van der Waals surface area (Å²) in [5, 5.41) is 22.1. The molecule has 0 N–H and O–H groups in total. The van der Waals surface area contributed by atoms with Crippen LogP contribution >= 0.6 is 0 Å². The fourth-order valence-corrected chi connectivity index (χ4v) is 7.06. The van der Waals surface area contributed by atoms with Gasteiger partial charge in [-0.2, -0.15) is 0 Å². The number of aliphatic carboxylic acids is 2. The van der Waals surface area contributed by atoms with Gasteiger partial charge >= 0.3 is 0 Å². The Labute approximate surface area is 151 Å². The highest BCUT2D eigenvalue weighted by atomic mass is 16.4. The minimum Gasteiger partial charge on any atom is -0.550 e. The van der Waals surface area contributed by atoms with E-state index < -0.39 is 11.9 Å². The Balaban J connectivity index is 1.83. The smallest absolute Gasteiger partial charge is 0.0414 e. The van der Waals surface area contributed by atoms with Crippen LogP contribution in [0, 0.1) is 34.5 Å². The SMILES string of the molecule is C[C@@]12CCC[C@@H]1[C@@H]1CC[C@H](CCC(=O)[O-])[C@@](C)(CCC(=O)[O-])[C@@H]1CC2. The normalized spacial score (nSPS) is 43.3. The van der Waals surface area contributed by atoms with Gasteiger partial charge in [-0.15, -0.1) is 0 Å². The van der Waals surface area contributed by atoms with Crippen molar-refractivity contribution in [3.8, 4) is 0 Å². The van der Waals surface area contributed by atoms with E-state index in [1.54, 1.807) is 0 Å². The molecule has 0 unspecified atom stereocenters. The van der Waals surface area contributed by atoms with E-state index in [9.17, 15) is 19.8 Å². The van der Waals surface area contributed by atoms with Crippen molar-refractivity contribution in [1.82, 2.24) is 0 Å². The van der Waals surface area contributed by atoms with Gasteiger partial charge in [0.25, 0.3) is 0 Å². The number of carbonyl (C=O) groups is 2. The lowest BCUT2D eigenvalue weighted by atomic mass is 9.46.